The molecule has 0 aliphatic carbocycles. The molecule has 0 radical (unpaired) electrons. The predicted octanol–water partition coefficient (Wildman–Crippen LogP) is 4.16. The number of hydrogen-bond donors (Lipinski definition) is 1. The fraction of sp³-hybridized carbons (Fsp3) is 0.167. The Bertz CT molecular complexity index is 1010. The normalized spacial score (nSPS) is 16.4. The number of fused-ring (bicyclic) bond motifs is 1. The lowest BCUT2D eigenvalue weighted by molar-refractivity contribution is 0.690. The fourth-order valence-electron chi connectivity index (χ4n) is 2.86. The van der Waals surface area contributed by atoms with E-state index in [0.29, 0.717) is 17.1 Å². The van der Waals surface area contributed by atoms with Gasteiger partial charge in [-0.15, -0.1) is 0 Å². The highest BCUT2D eigenvalue weighted by atomic mass is 35.5. The number of halogens is 1. The first-order valence-electron chi connectivity index (χ1n) is 7.81. The molecule has 2 aromatic heterocycles. The average Bonchev–Trinajstić information content (AvgIpc) is 2.99. The molecule has 1 atom stereocenters. The first kappa shape index (κ1) is 16.2. The third kappa shape index (κ3) is 3.15. The lowest BCUT2D eigenvalue weighted by atomic mass is 10.1. The Kier molecular flexibility index (Phi) is 4.23. The molecule has 5 nitrogen and oxygen atoms in total. The highest BCUT2D eigenvalue weighted by Crippen LogP contribution is 2.44. The maximum Gasteiger partial charge on any atom is 0.252 e. The van der Waals surface area contributed by atoms with E-state index in [2.05, 4.69) is 15.1 Å². The molecule has 1 aliphatic rings. The first-order valence-corrected chi connectivity index (χ1v) is 9.07. The van der Waals surface area contributed by atoms with E-state index in [0.717, 1.165) is 22.0 Å². The van der Waals surface area contributed by atoms with Crippen LogP contribution in [0.5, 0.6) is 0 Å². The summed E-state index contributed by atoms with van der Waals surface area (Å²) in [6.45, 7) is 2.56. The number of aliphatic imine (C=N–C) groups is 1. The summed E-state index contributed by atoms with van der Waals surface area (Å²) < 4.78 is 1.87. The van der Waals surface area contributed by atoms with Crippen LogP contribution in [0.3, 0.4) is 0 Å². The number of pyridine rings is 1. The minimum absolute atomic E-state index is 0.0777. The molecule has 0 saturated carbocycles. The second-order valence-corrected chi connectivity index (χ2v) is 7.53. The Morgan fingerprint density at radius 1 is 1.24 bits per heavy atom. The molecular formula is C18H15ClN4OS. The van der Waals surface area contributed by atoms with E-state index in [1.807, 2.05) is 54.2 Å². The molecule has 0 amide bonds. The van der Waals surface area contributed by atoms with Gasteiger partial charge < -0.3 is 4.98 Å². The van der Waals surface area contributed by atoms with Gasteiger partial charge in [0, 0.05) is 22.3 Å². The molecule has 0 spiro atoms. The molecule has 7 heteroatoms. The smallest absolute Gasteiger partial charge is 0.252 e. The zero-order chi connectivity index (χ0) is 17.4. The summed E-state index contributed by atoms with van der Waals surface area (Å²) >= 11 is 7.53. The van der Waals surface area contributed by atoms with Crippen LogP contribution in [0.2, 0.25) is 5.02 Å². The van der Waals surface area contributed by atoms with Crippen molar-refractivity contribution in [1.82, 2.24) is 14.8 Å². The molecule has 126 valence electrons. The van der Waals surface area contributed by atoms with Crippen molar-refractivity contribution in [2.24, 2.45) is 4.99 Å². The number of H-pyrrole nitrogens is 1. The van der Waals surface area contributed by atoms with Crippen molar-refractivity contribution in [3.05, 3.63) is 80.9 Å². The molecule has 1 aromatic carbocycles. The largest absolute Gasteiger partial charge is 0.329 e. The molecule has 1 N–H and O–H groups in total. The summed E-state index contributed by atoms with van der Waals surface area (Å²) in [5, 5.41) is 6.03. The summed E-state index contributed by atoms with van der Waals surface area (Å²) in [6.07, 6.45) is 3.45. The topological polar surface area (TPSA) is 63.0 Å². The molecule has 3 aromatic rings. The van der Waals surface area contributed by atoms with Gasteiger partial charge in [-0.1, -0.05) is 41.6 Å². The maximum atomic E-state index is 12.2. The standard InChI is InChI=1S/C18H15ClN4OS/c1-11-22-17-15(16(25-11)14-3-2-8-20-18(14)24)9-21-23(17)10-12-4-6-13(19)7-5-12/h2-9,16H,10H2,1H3,(H,20,24)/t16-/m0/s1. The SMILES string of the molecule is CC1=Nc2c(cnn2Cc2ccc(Cl)cc2)[C@H](c2ccc[nH]c2=O)S1. The summed E-state index contributed by atoms with van der Waals surface area (Å²) in [5.41, 5.74) is 2.69. The number of hydrogen-bond acceptors (Lipinski definition) is 4. The molecular weight excluding hydrogens is 356 g/mol. The van der Waals surface area contributed by atoms with Gasteiger partial charge in [-0.25, -0.2) is 9.67 Å². The molecule has 0 saturated heterocycles. The van der Waals surface area contributed by atoms with Crippen LogP contribution in [-0.2, 0) is 6.54 Å². The zero-order valence-corrected chi connectivity index (χ0v) is 15.0. The van der Waals surface area contributed by atoms with Gasteiger partial charge >= 0.3 is 0 Å². The highest BCUT2D eigenvalue weighted by Gasteiger charge is 2.28. The van der Waals surface area contributed by atoms with Crippen LogP contribution in [0.15, 0.2) is 58.6 Å². The van der Waals surface area contributed by atoms with E-state index >= 15 is 0 Å². The minimum Gasteiger partial charge on any atom is -0.329 e. The second-order valence-electron chi connectivity index (χ2n) is 5.79. The van der Waals surface area contributed by atoms with Gasteiger partial charge in [-0.05, 0) is 30.7 Å². The van der Waals surface area contributed by atoms with Gasteiger partial charge in [0.2, 0.25) is 0 Å². The second kappa shape index (κ2) is 6.54. The van der Waals surface area contributed by atoms with Gasteiger partial charge in [0.1, 0.15) is 0 Å². The van der Waals surface area contributed by atoms with Crippen LogP contribution < -0.4 is 5.56 Å². The van der Waals surface area contributed by atoms with Gasteiger partial charge in [0.15, 0.2) is 5.82 Å². The fourth-order valence-corrected chi connectivity index (χ4v) is 4.07. The van der Waals surface area contributed by atoms with Crippen LogP contribution in [0, 0.1) is 0 Å². The van der Waals surface area contributed by atoms with Crippen LogP contribution in [0.1, 0.15) is 28.9 Å². The van der Waals surface area contributed by atoms with Gasteiger partial charge in [0.25, 0.3) is 5.56 Å². The number of nitrogens with one attached hydrogen (secondary N) is 1. The van der Waals surface area contributed by atoms with Crippen molar-refractivity contribution in [2.45, 2.75) is 18.7 Å². The Morgan fingerprint density at radius 3 is 2.80 bits per heavy atom. The molecule has 4 rings (SSSR count). The molecule has 0 unspecified atom stereocenters. The van der Waals surface area contributed by atoms with Crippen LogP contribution in [0.25, 0.3) is 0 Å². The van der Waals surface area contributed by atoms with E-state index < -0.39 is 0 Å². The molecule has 1 aliphatic heterocycles. The van der Waals surface area contributed by atoms with E-state index in [1.165, 1.54) is 0 Å². The van der Waals surface area contributed by atoms with Crippen molar-refractivity contribution in [3.63, 3.8) is 0 Å². The summed E-state index contributed by atoms with van der Waals surface area (Å²) in [5.74, 6) is 0.805. The Morgan fingerprint density at radius 2 is 2.04 bits per heavy atom. The lowest BCUT2D eigenvalue weighted by Gasteiger charge is -2.20. The van der Waals surface area contributed by atoms with Gasteiger partial charge in [-0.2, -0.15) is 5.10 Å². The Balaban J connectivity index is 1.74. The van der Waals surface area contributed by atoms with Crippen LogP contribution in [0.4, 0.5) is 5.82 Å². The number of aromatic amines is 1. The van der Waals surface area contributed by atoms with Crippen LogP contribution >= 0.6 is 23.4 Å². The highest BCUT2D eigenvalue weighted by molar-refractivity contribution is 8.14. The molecule has 0 bridgehead atoms. The van der Waals surface area contributed by atoms with Crippen LogP contribution in [-0.4, -0.2) is 19.8 Å². The quantitative estimate of drug-likeness (QED) is 0.753. The monoisotopic (exact) mass is 370 g/mol. The maximum absolute atomic E-state index is 12.2. The minimum atomic E-state index is -0.101. The van der Waals surface area contributed by atoms with E-state index in [1.54, 1.807) is 18.0 Å². The number of benzene rings is 1. The van der Waals surface area contributed by atoms with E-state index in [-0.39, 0.29) is 10.8 Å². The van der Waals surface area contributed by atoms with Gasteiger partial charge in [-0.3, -0.25) is 4.79 Å². The summed E-state index contributed by atoms with van der Waals surface area (Å²) in [4.78, 5) is 19.6. The van der Waals surface area contributed by atoms with Crippen molar-refractivity contribution in [1.29, 1.82) is 0 Å². The predicted molar refractivity (Wildman–Crippen MR) is 102 cm³/mol. The number of nitrogens with zero attached hydrogens (tertiary/aromatic N) is 3. The molecule has 3 heterocycles. The molecule has 25 heavy (non-hydrogen) atoms. The van der Waals surface area contributed by atoms with Crippen molar-refractivity contribution >= 4 is 34.2 Å². The van der Waals surface area contributed by atoms with Crippen molar-refractivity contribution < 1.29 is 0 Å². The number of rotatable bonds is 3. The Hall–Kier alpha value is -2.31. The summed E-state index contributed by atoms with van der Waals surface area (Å²) in [7, 11) is 0. The third-order valence-corrected chi connectivity index (χ3v) is 5.48. The summed E-state index contributed by atoms with van der Waals surface area (Å²) in [6, 6.07) is 11.4. The molecule has 0 fully saturated rings. The number of thioether (sulfide) groups is 1. The number of aromatic nitrogens is 3. The van der Waals surface area contributed by atoms with Gasteiger partial charge in [0.05, 0.1) is 23.0 Å². The van der Waals surface area contributed by atoms with Crippen molar-refractivity contribution in [3.8, 4) is 0 Å². The van der Waals surface area contributed by atoms with E-state index in [9.17, 15) is 4.79 Å². The zero-order valence-electron chi connectivity index (χ0n) is 13.4. The van der Waals surface area contributed by atoms with Crippen molar-refractivity contribution in [2.75, 3.05) is 0 Å². The third-order valence-electron chi connectivity index (χ3n) is 4.05. The first-order chi connectivity index (χ1) is 12.1. The Labute approximate surface area is 153 Å². The lowest BCUT2D eigenvalue weighted by Crippen LogP contribution is -2.17. The average molecular weight is 371 g/mol. The van der Waals surface area contributed by atoms with E-state index in [4.69, 9.17) is 11.6 Å².